The smallest absolute Gasteiger partial charge is 0.00398 e. The van der Waals surface area contributed by atoms with Crippen LogP contribution in [0.3, 0.4) is 0 Å². The highest BCUT2D eigenvalue weighted by Crippen LogP contribution is 2.23. The molecule has 0 aromatic carbocycles. The average molecular weight is 230 g/mol. The van der Waals surface area contributed by atoms with E-state index in [0.29, 0.717) is 0 Å². The maximum absolute atomic E-state index is 2.25. The Labute approximate surface area is 97.0 Å². The summed E-state index contributed by atoms with van der Waals surface area (Å²) in [5.41, 5.74) is 0. The standard InChI is InChI=1S/C12H22S2/c1-3-5-7-9-11-13-14-12-10-8-6-4-2/h3-6H,7-12H2,1-2H3/b5-3+,6-4+. The summed E-state index contributed by atoms with van der Waals surface area (Å²) in [4.78, 5) is 0. The van der Waals surface area contributed by atoms with E-state index in [1.54, 1.807) is 0 Å². The second-order valence-electron chi connectivity index (χ2n) is 3.07. The van der Waals surface area contributed by atoms with Crippen LogP contribution in [-0.2, 0) is 0 Å². The molecule has 0 bridgehead atoms. The molecule has 82 valence electrons. The van der Waals surface area contributed by atoms with Crippen LogP contribution in [0.15, 0.2) is 24.3 Å². The quantitative estimate of drug-likeness (QED) is 0.308. The van der Waals surface area contributed by atoms with Crippen molar-refractivity contribution in [1.82, 2.24) is 0 Å². The highest BCUT2D eigenvalue weighted by atomic mass is 33.1. The van der Waals surface area contributed by atoms with Crippen LogP contribution >= 0.6 is 21.6 Å². The summed E-state index contributed by atoms with van der Waals surface area (Å²) in [5.74, 6) is 2.58. The van der Waals surface area contributed by atoms with Crippen molar-refractivity contribution in [3.63, 3.8) is 0 Å². The Balaban J connectivity index is 2.92. The molecule has 0 fully saturated rings. The zero-order chi connectivity index (χ0) is 10.5. The van der Waals surface area contributed by atoms with Crippen molar-refractivity contribution in [2.45, 2.75) is 39.5 Å². The monoisotopic (exact) mass is 230 g/mol. The fraction of sp³-hybridized carbons (Fsp3) is 0.667. The summed E-state index contributed by atoms with van der Waals surface area (Å²) < 4.78 is 0. The van der Waals surface area contributed by atoms with Gasteiger partial charge in [-0.1, -0.05) is 45.9 Å². The molecular weight excluding hydrogens is 208 g/mol. The van der Waals surface area contributed by atoms with Gasteiger partial charge in [0.25, 0.3) is 0 Å². The summed E-state index contributed by atoms with van der Waals surface area (Å²) in [6.45, 7) is 4.17. The topological polar surface area (TPSA) is 0 Å². The third-order valence-corrected chi connectivity index (χ3v) is 4.33. The van der Waals surface area contributed by atoms with Gasteiger partial charge in [0.05, 0.1) is 0 Å². The zero-order valence-electron chi connectivity index (χ0n) is 9.37. The van der Waals surface area contributed by atoms with E-state index in [1.807, 2.05) is 21.6 Å². The van der Waals surface area contributed by atoms with Crippen LogP contribution in [0.4, 0.5) is 0 Å². The molecule has 0 N–H and O–H groups in total. The molecule has 0 saturated heterocycles. The van der Waals surface area contributed by atoms with Crippen LogP contribution in [0.25, 0.3) is 0 Å². The second-order valence-corrected chi connectivity index (χ2v) is 5.77. The van der Waals surface area contributed by atoms with Crippen LogP contribution in [0, 0.1) is 0 Å². The van der Waals surface area contributed by atoms with Gasteiger partial charge in [0.1, 0.15) is 0 Å². The molecule has 2 heteroatoms. The summed E-state index contributed by atoms with van der Waals surface area (Å²) in [6.07, 6.45) is 13.9. The first-order chi connectivity index (χ1) is 6.91. The Morgan fingerprint density at radius 3 is 1.57 bits per heavy atom. The van der Waals surface area contributed by atoms with Gasteiger partial charge in [0.15, 0.2) is 0 Å². The van der Waals surface area contributed by atoms with E-state index < -0.39 is 0 Å². The lowest BCUT2D eigenvalue weighted by Gasteiger charge is -1.98. The molecule has 0 spiro atoms. The molecule has 0 unspecified atom stereocenters. The summed E-state index contributed by atoms with van der Waals surface area (Å²) >= 11 is 0. The van der Waals surface area contributed by atoms with Gasteiger partial charge in [-0.3, -0.25) is 0 Å². The fourth-order valence-corrected chi connectivity index (χ4v) is 3.19. The van der Waals surface area contributed by atoms with Gasteiger partial charge < -0.3 is 0 Å². The molecule has 0 radical (unpaired) electrons. The molecule has 0 amide bonds. The molecule has 0 aliphatic rings. The number of hydrogen-bond acceptors (Lipinski definition) is 2. The molecule has 0 heterocycles. The first kappa shape index (κ1) is 14.2. The minimum Gasteiger partial charge on any atom is -0.0941 e. The molecule has 14 heavy (non-hydrogen) atoms. The van der Waals surface area contributed by atoms with Gasteiger partial charge in [0, 0.05) is 11.5 Å². The lowest BCUT2D eigenvalue weighted by molar-refractivity contribution is 0.969. The van der Waals surface area contributed by atoms with Gasteiger partial charge in [0.2, 0.25) is 0 Å². The van der Waals surface area contributed by atoms with Gasteiger partial charge in [-0.2, -0.15) is 0 Å². The fourth-order valence-electron chi connectivity index (χ4n) is 0.971. The molecule has 0 aromatic heterocycles. The molecule has 0 aliphatic carbocycles. The van der Waals surface area contributed by atoms with Gasteiger partial charge in [-0.05, 0) is 39.5 Å². The molecule has 0 aliphatic heterocycles. The Bertz CT molecular complexity index is 132. The summed E-state index contributed by atoms with van der Waals surface area (Å²) in [6, 6.07) is 0. The molecule has 0 aromatic rings. The van der Waals surface area contributed by atoms with Crippen LogP contribution in [0.5, 0.6) is 0 Å². The molecule has 0 nitrogen and oxygen atoms in total. The van der Waals surface area contributed by atoms with E-state index in [4.69, 9.17) is 0 Å². The van der Waals surface area contributed by atoms with Crippen molar-refractivity contribution < 1.29 is 0 Å². The van der Waals surface area contributed by atoms with Crippen molar-refractivity contribution in [3.8, 4) is 0 Å². The van der Waals surface area contributed by atoms with E-state index >= 15 is 0 Å². The van der Waals surface area contributed by atoms with Crippen LogP contribution < -0.4 is 0 Å². The predicted octanol–water partition coefficient (Wildman–Crippen LogP) is 5.08. The normalized spacial score (nSPS) is 11.9. The van der Waals surface area contributed by atoms with Crippen molar-refractivity contribution in [3.05, 3.63) is 24.3 Å². The highest BCUT2D eigenvalue weighted by molar-refractivity contribution is 8.76. The van der Waals surface area contributed by atoms with Crippen molar-refractivity contribution in [1.29, 1.82) is 0 Å². The lowest BCUT2D eigenvalue weighted by Crippen LogP contribution is -1.78. The van der Waals surface area contributed by atoms with E-state index in [1.165, 1.54) is 37.2 Å². The van der Waals surface area contributed by atoms with E-state index in [0.717, 1.165) is 0 Å². The maximum Gasteiger partial charge on any atom is 0.00398 e. The molecule has 0 rings (SSSR count). The third kappa shape index (κ3) is 12.2. The minimum atomic E-state index is 1.24. The van der Waals surface area contributed by atoms with Gasteiger partial charge in [-0.25, -0.2) is 0 Å². The Morgan fingerprint density at radius 2 is 1.21 bits per heavy atom. The minimum absolute atomic E-state index is 1.24. The van der Waals surface area contributed by atoms with Gasteiger partial charge in [-0.15, -0.1) is 0 Å². The molecule has 0 atom stereocenters. The highest BCUT2D eigenvalue weighted by Gasteiger charge is 1.89. The summed E-state index contributed by atoms with van der Waals surface area (Å²) in [5, 5.41) is 0. The Hall–Kier alpha value is 0.180. The number of hydrogen-bond donors (Lipinski definition) is 0. The number of rotatable bonds is 9. The maximum atomic E-state index is 2.25. The van der Waals surface area contributed by atoms with E-state index in [9.17, 15) is 0 Å². The lowest BCUT2D eigenvalue weighted by atomic mass is 10.3. The molecule has 0 saturated carbocycles. The van der Waals surface area contributed by atoms with Crippen molar-refractivity contribution in [2.24, 2.45) is 0 Å². The van der Waals surface area contributed by atoms with Crippen LogP contribution in [-0.4, -0.2) is 11.5 Å². The largest absolute Gasteiger partial charge is 0.0941 e. The predicted molar refractivity (Wildman–Crippen MR) is 73.0 cm³/mol. The van der Waals surface area contributed by atoms with Crippen molar-refractivity contribution >= 4 is 21.6 Å². The Kier molecular flexibility index (Phi) is 13.3. The first-order valence-corrected chi connectivity index (χ1v) is 7.87. The number of unbranched alkanes of at least 4 members (excludes halogenated alkanes) is 2. The van der Waals surface area contributed by atoms with Crippen molar-refractivity contribution in [2.75, 3.05) is 11.5 Å². The van der Waals surface area contributed by atoms with Gasteiger partial charge >= 0.3 is 0 Å². The first-order valence-electron chi connectivity index (χ1n) is 5.38. The Morgan fingerprint density at radius 1 is 0.786 bits per heavy atom. The number of allylic oxidation sites excluding steroid dienone is 4. The van der Waals surface area contributed by atoms with Crippen LogP contribution in [0.1, 0.15) is 39.5 Å². The SMILES string of the molecule is C/C=C/CCCSSCCC/C=C/C. The zero-order valence-corrected chi connectivity index (χ0v) is 11.0. The third-order valence-electron chi connectivity index (χ3n) is 1.75. The second kappa shape index (κ2) is 13.2. The summed E-state index contributed by atoms with van der Waals surface area (Å²) in [7, 11) is 4.04. The van der Waals surface area contributed by atoms with E-state index in [-0.39, 0.29) is 0 Å². The molecular formula is C12H22S2. The van der Waals surface area contributed by atoms with Crippen LogP contribution in [0.2, 0.25) is 0 Å². The average Bonchev–Trinajstić information content (AvgIpc) is 2.21. The van der Waals surface area contributed by atoms with E-state index in [2.05, 4.69) is 38.2 Å².